The number of anilines is 2. The van der Waals surface area contributed by atoms with Crippen molar-refractivity contribution < 1.29 is 19.1 Å². The number of hydrogen-bond acceptors (Lipinski definition) is 5. The number of carbonyl (C=O) groups is 2. The molecule has 0 saturated heterocycles. The number of nitrogens with zero attached hydrogens (tertiary/aromatic N) is 2. The lowest BCUT2D eigenvalue weighted by Gasteiger charge is -2.20. The van der Waals surface area contributed by atoms with Crippen molar-refractivity contribution in [2.24, 2.45) is 7.05 Å². The molecule has 8 nitrogen and oxygen atoms in total. The fourth-order valence-electron chi connectivity index (χ4n) is 3.03. The Morgan fingerprint density at radius 1 is 1.38 bits per heavy atom. The minimum Gasteiger partial charge on any atom is -0.454 e. The van der Waals surface area contributed by atoms with E-state index in [2.05, 4.69) is 15.7 Å². The predicted molar refractivity (Wildman–Crippen MR) is 85.4 cm³/mol. The molecule has 0 aliphatic carbocycles. The van der Waals surface area contributed by atoms with Crippen LogP contribution >= 0.6 is 0 Å². The summed E-state index contributed by atoms with van der Waals surface area (Å²) in [6.45, 7) is 2.10. The van der Waals surface area contributed by atoms with Gasteiger partial charge in [0.05, 0.1) is 0 Å². The van der Waals surface area contributed by atoms with E-state index in [1.54, 1.807) is 29.9 Å². The summed E-state index contributed by atoms with van der Waals surface area (Å²) in [5.41, 5.74) is 1.29. The molecule has 1 aromatic carbocycles. The summed E-state index contributed by atoms with van der Waals surface area (Å²) in [6, 6.07) is 5.01. The van der Waals surface area contributed by atoms with E-state index in [-0.39, 0.29) is 24.5 Å². The summed E-state index contributed by atoms with van der Waals surface area (Å²) in [6.07, 6.45) is 0.367. The summed E-state index contributed by atoms with van der Waals surface area (Å²) >= 11 is 0. The van der Waals surface area contributed by atoms with Gasteiger partial charge in [0.25, 0.3) is 5.91 Å². The Kier molecular flexibility index (Phi) is 3.19. The van der Waals surface area contributed by atoms with Gasteiger partial charge in [0.1, 0.15) is 5.82 Å². The van der Waals surface area contributed by atoms with Crippen LogP contribution in [-0.2, 0) is 11.8 Å². The lowest BCUT2D eigenvalue weighted by atomic mass is 9.95. The van der Waals surface area contributed by atoms with Crippen LogP contribution in [0.15, 0.2) is 18.2 Å². The van der Waals surface area contributed by atoms with E-state index in [1.165, 1.54) is 0 Å². The van der Waals surface area contributed by atoms with Crippen molar-refractivity contribution in [1.29, 1.82) is 0 Å². The molecule has 0 fully saturated rings. The molecule has 124 valence electrons. The topological polar surface area (TPSA) is 94.5 Å². The highest BCUT2D eigenvalue weighted by atomic mass is 16.7. The number of ether oxygens (including phenoxy) is 2. The van der Waals surface area contributed by atoms with E-state index in [1.807, 2.05) is 6.92 Å². The number of carbonyl (C=O) groups excluding carboxylic acids is 2. The number of rotatable bonds is 2. The largest absolute Gasteiger partial charge is 0.454 e. The molecular weight excluding hydrogens is 312 g/mol. The molecule has 0 unspecified atom stereocenters. The Labute approximate surface area is 137 Å². The molecule has 1 aromatic heterocycles. The van der Waals surface area contributed by atoms with Crippen molar-refractivity contribution in [2.75, 3.05) is 17.4 Å². The summed E-state index contributed by atoms with van der Waals surface area (Å²) in [7, 11) is 1.73. The van der Waals surface area contributed by atoms with Crippen LogP contribution in [0.1, 0.15) is 35.2 Å². The number of benzene rings is 1. The van der Waals surface area contributed by atoms with Crippen LogP contribution in [0.5, 0.6) is 11.5 Å². The van der Waals surface area contributed by atoms with Crippen molar-refractivity contribution in [3.63, 3.8) is 0 Å². The molecule has 0 saturated carbocycles. The Hall–Kier alpha value is -3.03. The molecule has 8 heteroatoms. The quantitative estimate of drug-likeness (QED) is 0.877. The van der Waals surface area contributed by atoms with Crippen molar-refractivity contribution in [1.82, 2.24) is 9.78 Å². The first kappa shape index (κ1) is 14.6. The van der Waals surface area contributed by atoms with Gasteiger partial charge < -0.3 is 20.1 Å². The minimum atomic E-state index is -0.293. The highest BCUT2D eigenvalue weighted by Crippen LogP contribution is 2.37. The summed E-state index contributed by atoms with van der Waals surface area (Å²) in [5, 5.41) is 9.95. The Balaban J connectivity index is 1.63. The molecule has 2 amide bonds. The van der Waals surface area contributed by atoms with Crippen LogP contribution in [0.3, 0.4) is 0 Å². The maximum atomic E-state index is 12.5. The molecule has 3 heterocycles. The number of aromatic nitrogens is 2. The first-order valence-corrected chi connectivity index (χ1v) is 7.60. The molecule has 0 bridgehead atoms. The van der Waals surface area contributed by atoms with E-state index < -0.39 is 0 Å². The van der Waals surface area contributed by atoms with Crippen LogP contribution in [0.2, 0.25) is 0 Å². The molecular formula is C16H16N4O4. The number of aryl methyl sites for hydroxylation is 1. The van der Waals surface area contributed by atoms with Crippen LogP contribution in [0.25, 0.3) is 0 Å². The average Bonchev–Trinajstić information content (AvgIpc) is 3.11. The third kappa shape index (κ3) is 2.27. The number of amides is 2. The second-order valence-corrected chi connectivity index (χ2v) is 5.91. The molecule has 1 atom stereocenters. The van der Waals surface area contributed by atoms with E-state index >= 15 is 0 Å². The van der Waals surface area contributed by atoms with Crippen LogP contribution in [0, 0.1) is 0 Å². The molecule has 0 radical (unpaired) electrons. The van der Waals surface area contributed by atoms with Gasteiger partial charge in [-0.25, -0.2) is 0 Å². The normalized spacial score (nSPS) is 18.1. The predicted octanol–water partition coefficient (Wildman–Crippen LogP) is 1.85. The summed E-state index contributed by atoms with van der Waals surface area (Å²) in [5.74, 6) is 1.89. The summed E-state index contributed by atoms with van der Waals surface area (Å²) < 4.78 is 12.1. The van der Waals surface area contributed by atoms with E-state index in [4.69, 9.17) is 9.47 Å². The Morgan fingerprint density at radius 3 is 3.00 bits per heavy atom. The molecule has 2 N–H and O–H groups in total. The van der Waals surface area contributed by atoms with Gasteiger partial charge in [0.15, 0.2) is 17.3 Å². The second-order valence-electron chi connectivity index (χ2n) is 5.91. The second kappa shape index (κ2) is 5.26. The zero-order valence-electron chi connectivity index (χ0n) is 13.3. The van der Waals surface area contributed by atoms with Crippen molar-refractivity contribution in [3.05, 3.63) is 29.3 Å². The molecule has 4 rings (SSSR count). The van der Waals surface area contributed by atoms with Crippen LogP contribution in [0.4, 0.5) is 11.6 Å². The van der Waals surface area contributed by atoms with Crippen molar-refractivity contribution >= 4 is 23.5 Å². The molecule has 2 aliphatic heterocycles. The minimum absolute atomic E-state index is 0.0190. The zero-order chi connectivity index (χ0) is 16.8. The van der Waals surface area contributed by atoms with Crippen molar-refractivity contribution in [3.8, 4) is 11.5 Å². The van der Waals surface area contributed by atoms with Gasteiger partial charge in [0, 0.05) is 24.6 Å². The van der Waals surface area contributed by atoms with Gasteiger partial charge in [-0.1, -0.05) is 6.92 Å². The SMILES string of the molecule is C[C@H]1CC(=O)Nc2c1c(NC(=O)c1ccc3c(c1)OCO3)nn2C. The first-order valence-electron chi connectivity index (χ1n) is 7.60. The molecule has 0 spiro atoms. The highest BCUT2D eigenvalue weighted by molar-refractivity contribution is 6.05. The van der Waals surface area contributed by atoms with Gasteiger partial charge in [0.2, 0.25) is 12.7 Å². The van der Waals surface area contributed by atoms with Crippen LogP contribution < -0.4 is 20.1 Å². The van der Waals surface area contributed by atoms with Gasteiger partial charge >= 0.3 is 0 Å². The average molecular weight is 328 g/mol. The van der Waals surface area contributed by atoms with Gasteiger partial charge in [-0.05, 0) is 24.1 Å². The smallest absolute Gasteiger partial charge is 0.257 e. The third-order valence-corrected chi connectivity index (χ3v) is 4.19. The van der Waals surface area contributed by atoms with E-state index in [9.17, 15) is 9.59 Å². The maximum absolute atomic E-state index is 12.5. The van der Waals surface area contributed by atoms with E-state index in [0.29, 0.717) is 35.1 Å². The van der Waals surface area contributed by atoms with E-state index in [0.717, 1.165) is 5.56 Å². The van der Waals surface area contributed by atoms with Crippen molar-refractivity contribution in [2.45, 2.75) is 19.3 Å². The van der Waals surface area contributed by atoms with Crippen LogP contribution in [-0.4, -0.2) is 28.4 Å². The zero-order valence-corrected chi connectivity index (χ0v) is 13.3. The Morgan fingerprint density at radius 2 is 2.17 bits per heavy atom. The number of nitrogens with one attached hydrogen (secondary N) is 2. The summed E-state index contributed by atoms with van der Waals surface area (Å²) in [4.78, 5) is 24.2. The molecule has 24 heavy (non-hydrogen) atoms. The monoisotopic (exact) mass is 328 g/mol. The lowest BCUT2D eigenvalue weighted by molar-refractivity contribution is -0.116. The van der Waals surface area contributed by atoms with Gasteiger partial charge in [-0.15, -0.1) is 0 Å². The van der Waals surface area contributed by atoms with Gasteiger partial charge in [-0.3, -0.25) is 14.3 Å². The lowest BCUT2D eigenvalue weighted by Crippen LogP contribution is -2.23. The number of hydrogen-bond donors (Lipinski definition) is 2. The number of fused-ring (bicyclic) bond motifs is 2. The Bertz CT molecular complexity index is 858. The fourth-order valence-corrected chi connectivity index (χ4v) is 3.03. The van der Waals surface area contributed by atoms with Gasteiger partial charge in [-0.2, -0.15) is 5.10 Å². The highest BCUT2D eigenvalue weighted by Gasteiger charge is 2.30. The maximum Gasteiger partial charge on any atom is 0.257 e. The third-order valence-electron chi connectivity index (χ3n) is 4.19. The fraction of sp³-hybridized carbons (Fsp3) is 0.312. The standard InChI is InChI=1S/C16H16N4O4/c1-8-5-12(21)17-15-13(8)14(19-20(15)2)18-16(22)9-3-4-10-11(6-9)24-7-23-10/h3-4,6,8H,5,7H2,1-2H3,(H,17,21)(H,18,19,22)/t8-/m0/s1. The molecule has 2 aromatic rings. The first-order chi connectivity index (χ1) is 11.5. The molecule has 2 aliphatic rings.